The maximum absolute atomic E-state index is 5.37. The summed E-state index contributed by atoms with van der Waals surface area (Å²) in [5.74, 6) is 0. The zero-order valence-electron chi connectivity index (χ0n) is 7.28. The van der Waals surface area contributed by atoms with Crippen LogP contribution in [0.25, 0.3) is 0 Å². The first kappa shape index (κ1) is 8.14. The zero-order valence-corrected chi connectivity index (χ0v) is 8.10. The first-order valence-corrected chi connectivity index (χ1v) is 5.33. The van der Waals surface area contributed by atoms with Crippen molar-refractivity contribution in [1.29, 1.82) is 0 Å². The molecule has 0 amide bonds. The molecule has 0 aliphatic carbocycles. The number of epoxide rings is 1. The molecule has 1 saturated heterocycles. The third-order valence-electron chi connectivity index (χ3n) is 2.16. The van der Waals surface area contributed by atoms with E-state index in [0.717, 1.165) is 0 Å². The molecule has 1 aromatic rings. The average molecular weight is 180 g/mol. The van der Waals surface area contributed by atoms with E-state index in [9.17, 15) is 0 Å². The maximum atomic E-state index is 5.37. The smallest absolute Gasteiger partial charge is 0.109 e. The summed E-state index contributed by atoms with van der Waals surface area (Å²) in [6.45, 7) is 2.10. The minimum atomic E-state index is 0.362. The SMILES string of the molecule is CSc1ccc(C2OC2C)cc1. The van der Waals surface area contributed by atoms with Crippen molar-refractivity contribution in [3.8, 4) is 0 Å². The number of hydrogen-bond acceptors (Lipinski definition) is 2. The van der Waals surface area contributed by atoms with Crippen LogP contribution in [0, 0.1) is 0 Å². The molecule has 64 valence electrons. The summed E-state index contributed by atoms with van der Waals surface area (Å²) in [4.78, 5) is 1.31. The van der Waals surface area contributed by atoms with Crippen molar-refractivity contribution in [3.05, 3.63) is 29.8 Å². The molecule has 12 heavy (non-hydrogen) atoms. The van der Waals surface area contributed by atoms with Crippen LogP contribution in [0.15, 0.2) is 29.2 Å². The summed E-state index contributed by atoms with van der Waals surface area (Å²) in [5.41, 5.74) is 1.31. The molecule has 0 radical (unpaired) electrons. The Hall–Kier alpha value is -0.470. The minimum absolute atomic E-state index is 0.362. The van der Waals surface area contributed by atoms with Gasteiger partial charge in [0, 0.05) is 4.90 Å². The summed E-state index contributed by atoms with van der Waals surface area (Å²) in [6, 6.07) is 8.60. The van der Waals surface area contributed by atoms with E-state index < -0.39 is 0 Å². The van der Waals surface area contributed by atoms with Gasteiger partial charge in [0.1, 0.15) is 6.10 Å². The molecule has 1 fully saturated rings. The molecule has 0 bridgehead atoms. The van der Waals surface area contributed by atoms with Crippen LogP contribution in [-0.4, -0.2) is 12.4 Å². The van der Waals surface area contributed by atoms with Crippen LogP contribution < -0.4 is 0 Å². The van der Waals surface area contributed by atoms with Gasteiger partial charge in [-0.25, -0.2) is 0 Å². The molecular formula is C10H12OS. The molecule has 1 aromatic carbocycles. The van der Waals surface area contributed by atoms with Gasteiger partial charge in [0.05, 0.1) is 6.10 Å². The molecular weight excluding hydrogens is 168 g/mol. The predicted octanol–water partition coefficient (Wildman–Crippen LogP) is 2.87. The molecule has 0 spiro atoms. The van der Waals surface area contributed by atoms with Gasteiger partial charge < -0.3 is 4.74 Å². The van der Waals surface area contributed by atoms with Gasteiger partial charge >= 0.3 is 0 Å². The second-order valence-corrected chi connectivity index (χ2v) is 3.91. The lowest BCUT2D eigenvalue weighted by molar-refractivity contribution is 0.383. The van der Waals surface area contributed by atoms with Crippen molar-refractivity contribution >= 4 is 11.8 Å². The summed E-state index contributed by atoms with van der Waals surface area (Å²) >= 11 is 1.77. The maximum Gasteiger partial charge on any atom is 0.109 e. The Bertz CT molecular complexity index is 268. The molecule has 1 nitrogen and oxygen atoms in total. The van der Waals surface area contributed by atoms with E-state index in [1.54, 1.807) is 11.8 Å². The highest BCUT2D eigenvalue weighted by molar-refractivity contribution is 7.98. The Balaban J connectivity index is 2.14. The van der Waals surface area contributed by atoms with Crippen LogP contribution in [0.3, 0.4) is 0 Å². The topological polar surface area (TPSA) is 12.5 Å². The first-order valence-electron chi connectivity index (χ1n) is 4.10. The third kappa shape index (κ3) is 1.50. The van der Waals surface area contributed by atoms with Crippen LogP contribution >= 0.6 is 11.8 Å². The summed E-state index contributed by atoms with van der Waals surface area (Å²) in [7, 11) is 0. The number of benzene rings is 1. The monoisotopic (exact) mass is 180 g/mol. The van der Waals surface area contributed by atoms with Gasteiger partial charge in [0.2, 0.25) is 0 Å². The number of thioether (sulfide) groups is 1. The Kier molecular flexibility index (Phi) is 2.11. The second kappa shape index (κ2) is 3.11. The van der Waals surface area contributed by atoms with Crippen molar-refractivity contribution in [1.82, 2.24) is 0 Å². The highest BCUT2D eigenvalue weighted by Gasteiger charge is 2.35. The molecule has 1 aliphatic heterocycles. The fraction of sp³-hybridized carbons (Fsp3) is 0.400. The second-order valence-electron chi connectivity index (χ2n) is 3.03. The predicted molar refractivity (Wildman–Crippen MR) is 51.5 cm³/mol. The number of rotatable bonds is 2. The van der Waals surface area contributed by atoms with Gasteiger partial charge in [-0.3, -0.25) is 0 Å². The van der Waals surface area contributed by atoms with Crippen molar-refractivity contribution in [2.45, 2.75) is 24.0 Å². The fourth-order valence-corrected chi connectivity index (χ4v) is 1.74. The standard InChI is InChI=1S/C10H12OS/c1-7-10(11-7)8-3-5-9(12-2)6-4-8/h3-7,10H,1-2H3. The Morgan fingerprint density at radius 2 is 1.83 bits per heavy atom. The fourth-order valence-electron chi connectivity index (χ4n) is 1.33. The van der Waals surface area contributed by atoms with Crippen LogP contribution in [0.5, 0.6) is 0 Å². The highest BCUT2D eigenvalue weighted by atomic mass is 32.2. The third-order valence-corrected chi connectivity index (χ3v) is 2.90. The Morgan fingerprint density at radius 3 is 2.25 bits per heavy atom. The van der Waals surface area contributed by atoms with E-state index in [1.165, 1.54) is 10.5 Å². The largest absolute Gasteiger partial charge is 0.365 e. The van der Waals surface area contributed by atoms with Gasteiger partial charge in [0.25, 0.3) is 0 Å². The van der Waals surface area contributed by atoms with E-state index in [-0.39, 0.29) is 0 Å². The molecule has 2 unspecified atom stereocenters. The summed E-state index contributed by atoms with van der Waals surface area (Å²) in [6.07, 6.45) is 2.87. The molecule has 1 heterocycles. The molecule has 0 saturated carbocycles. The van der Waals surface area contributed by atoms with Gasteiger partial charge in [0.15, 0.2) is 0 Å². The van der Waals surface area contributed by atoms with Crippen molar-refractivity contribution in [3.63, 3.8) is 0 Å². The summed E-state index contributed by atoms with van der Waals surface area (Å²) in [5, 5.41) is 0. The van der Waals surface area contributed by atoms with Gasteiger partial charge in [-0.2, -0.15) is 0 Å². The molecule has 2 atom stereocenters. The summed E-state index contributed by atoms with van der Waals surface area (Å²) < 4.78 is 5.37. The number of ether oxygens (including phenoxy) is 1. The lowest BCUT2D eigenvalue weighted by Crippen LogP contribution is -1.82. The van der Waals surface area contributed by atoms with Crippen LogP contribution in [0.4, 0.5) is 0 Å². The normalized spacial score (nSPS) is 27.2. The highest BCUT2D eigenvalue weighted by Crippen LogP contribution is 2.38. The first-order chi connectivity index (χ1) is 5.81. The van der Waals surface area contributed by atoms with E-state index >= 15 is 0 Å². The molecule has 2 rings (SSSR count). The quantitative estimate of drug-likeness (QED) is 0.512. The lowest BCUT2D eigenvalue weighted by Gasteiger charge is -1.97. The lowest BCUT2D eigenvalue weighted by atomic mass is 10.1. The van der Waals surface area contributed by atoms with E-state index in [0.29, 0.717) is 12.2 Å². The molecule has 2 heteroatoms. The van der Waals surface area contributed by atoms with Crippen LogP contribution in [0.1, 0.15) is 18.6 Å². The van der Waals surface area contributed by atoms with E-state index in [4.69, 9.17) is 4.74 Å². The van der Waals surface area contributed by atoms with Crippen molar-refractivity contribution in [2.24, 2.45) is 0 Å². The average Bonchev–Trinajstić information content (AvgIpc) is 2.83. The molecule has 0 N–H and O–H groups in total. The number of hydrogen-bond donors (Lipinski definition) is 0. The molecule has 1 aliphatic rings. The van der Waals surface area contributed by atoms with E-state index in [1.807, 2.05) is 0 Å². The van der Waals surface area contributed by atoms with Crippen molar-refractivity contribution < 1.29 is 4.74 Å². The zero-order chi connectivity index (χ0) is 8.55. The Labute approximate surface area is 77.1 Å². The van der Waals surface area contributed by atoms with Crippen molar-refractivity contribution in [2.75, 3.05) is 6.26 Å². The van der Waals surface area contributed by atoms with E-state index in [2.05, 4.69) is 37.4 Å². The van der Waals surface area contributed by atoms with Gasteiger partial charge in [-0.1, -0.05) is 12.1 Å². The van der Waals surface area contributed by atoms with Crippen LogP contribution in [0.2, 0.25) is 0 Å². The van der Waals surface area contributed by atoms with Gasteiger partial charge in [-0.05, 0) is 30.9 Å². The van der Waals surface area contributed by atoms with Gasteiger partial charge in [-0.15, -0.1) is 11.8 Å². The Morgan fingerprint density at radius 1 is 1.25 bits per heavy atom. The molecule has 0 aromatic heterocycles. The van der Waals surface area contributed by atoms with Crippen LogP contribution in [-0.2, 0) is 4.74 Å². The minimum Gasteiger partial charge on any atom is -0.365 e.